The smallest absolute Gasteiger partial charge is 0.422 e. The highest BCUT2D eigenvalue weighted by Crippen LogP contribution is 2.17. The van der Waals surface area contributed by atoms with E-state index in [0.717, 1.165) is 11.4 Å². The first kappa shape index (κ1) is 13.5. The minimum atomic E-state index is -0.690. The standard InChI is InChI=1S/C15H13N3O2/c1-20-15(19)14(18-16)11-6-5-9-13(10-11)17-12-7-3-2-4-8-12/h2-10,17H,1H3. The summed E-state index contributed by atoms with van der Waals surface area (Å²) in [6.07, 6.45) is 0. The average Bonchev–Trinajstić information content (AvgIpc) is 2.49. The van der Waals surface area contributed by atoms with E-state index < -0.39 is 5.97 Å². The highest BCUT2D eigenvalue weighted by Gasteiger charge is 2.23. The van der Waals surface area contributed by atoms with E-state index in [1.165, 1.54) is 7.11 Å². The fourth-order valence-corrected chi connectivity index (χ4v) is 1.75. The van der Waals surface area contributed by atoms with Gasteiger partial charge in [-0.3, -0.25) is 0 Å². The highest BCUT2D eigenvalue weighted by molar-refractivity contribution is 6.40. The molecule has 0 fully saturated rings. The van der Waals surface area contributed by atoms with Crippen LogP contribution >= 0.6 is 0 Å². The first-order valence-corrected chi connectivity index (χ1v) is 5.97. The number of nitrogens with one attached hydrogen (secondary N) is 1. The van der Waals surface area contributed by atoms with Crippen LogP contribution in [0.3, 0.4) is 0 Å². The van der Waals surface area contributed by atoms with Crippen molar-refractivity contribution in [1.29, 1.82) is 0 Å². The van der Waals surface area contributed by atoms with E-state index in [1.807, 2.05) is 36.4 Å². The zero-order chi connectivity index (χ0) is 14.4. The summed E-state index contributed by atoms with van der Waals surface area (Å²) >= 11 is 0. The Kier molecular flexibility index (Phi) is 4.27. The number of hydrogen-bond acceptors (Lipinski definition) is 3. The third-order valence-electron chi connectivity index (χ3n) is 2.68. The second-order valence-electron chi connectivity index (χ2n) is 4.01. The maximum Gasteiger partial charge on any atom is 0.422 e. The van der Waals surface area contributed by atoms with Crippen LogP contribution in [-0.2, 0) is 9.53 Å². The number of nitrogens with zero attached hydrogens (tertiary/aromatic N) is 2. The van der Waals surface area contributed by atoms with E-state index in [0.29, 0.717) is 5.56 Å². The number of hydrogen-bond donors (Lipinski definition) is 1. The van der Waals surface area contributed by atoms with Gasteiger partial charge in [0.15, 0.2) is 0 Å². The van der Waals surface area contributed by atoms with E-state index >= 15 is 0 Å². The maximum atomic E-state index is 11.5. The van der Waals surface area contributed by atoms with Crippen LogP contribution in [0.4, 0.5) is 11.4 Å². The Balaban J connectivity index is 2.28. The predicted molar refractivity (Wildman–Crippen MR) is 75.9 cm³/mol. The molecule has 0 atom stereocenters. The minimum Gasteiger partial charge on any atom is -0.460 e. The Morgan fingerprint density at radius 2 is 1.80 bits per heavy atom. The van der Waals surface area contributed by atoms with Crippen LogP contribution in [0.25, 0.3) is 5.53 Å². The molecule has 0 saturated heterocycles. The van der Waals surface area contributed by atoms with Gasteiger partial charge in [0.1, 0.15) is 0 Å². The summed E-state index contributed by atoms with van der Waals surface area (Å²) in [6, 6.07) is 16.6. The molecule has 1 N–H and O–H groups in total. The van der Waals surface area contributed by atoms with Crippen LogP contribution < -0.4 is 5.32 Å². The van der Waals surface area contributed by atoms with Gasteiger partial charge in [0.2, 0.25) is 0 Å². The molecule has 2 aromatic carbocycles. The Hall–Kier alpha value is -2.91. The van der Waals surface area contributed by atoms with Crippen molar-refractivity contribution in [3.63, 3.8) is 0 Å². The molecule has 0 amide bonds. The van der Waals surface area contributed by atoms with Crippen molar-refractivity contribution in [3.05, 3.63) is 65.7 Å². The SMILES string of the molecule is COC(=O)C(=[N+]=[N-])c1cccc(Nc2ccccc2)c1. The summed E-state index contributed by atoms with van der Waals surface area (Å²) in [5.74, 6) is -0.690. The number of anilines is 2. The fraction of sp³-hybridized carbons (Fsp3) is 0.0667. The third-order valence-corrected chi connectivity index (χ3v) is 2.68. The quantitative estimate of drug-likeness (QED) is 0.400. The van der Waals surface area contributed by atoms with Crippen molar-refractivity contribution in [2.24, 2.45) is 0 Å². The second-order valence-corrected chi connectivity index (χ2v) is 4.01. The summed E-state index contributed by atoms with van der Waals surface area (Å²) in [5, 5.41) is 3.19. The van der Waals surface area contributed by atoms with Gasteiger partial charge in [0.25, 0.3) is 0 Å². The molecule has 0 bridgehead atoms. The van der Waals surface area contributed by atoms with Crippen LogP contribution in [0.5, 0.6) is 0 Å². The van der Waals surface area contributed by atoms with Crippen LogP contribution in [0.15, 0.2) is 54.6 Å². The molecule has 2 rings (SSSR count). The van der Waals surface area contributed by atoms with Crippen molar-refractivity contribution in [1.82, 2.24) is 0 Å². The molecule has 20 heavy (non-hydrogen) atoms. The number of methoxy groups -OCH3 is 1. The Morgan fingerprint density at radius 1 is 1.10 bits per heavy atom. The molecular formula is C15H13N3O2. The Morgan fingerprint density at radius 3 is 2.45 bits per heavy atom. The molecule has 0 saturated carbocycles. The molecule has 0 aliphatic heterocycles. The van der Waals surface area contributed by atoms with E-state index in [1.54, 1.807) is 18.2 Å². The molecule has 2 aromatic rings. The van der Waals surface area contributed by atoms with E-state index in [9.17, 15) is 4.79 Å². The van der Waals surface area contributed by atoms with Crippen LogP contribution in [0.1, 0.15) is 5.56 Å². The largest absolute Gasteiger partial charge is 0.460 e. The zero-order valence-corrected chi connectivity index (χ0v) is 10.9. The maximum absolute atomic E-state index is 11.5. The van der Waals surface area contributed by atoms with Gasteiger partial charge in [0.05, 0.1) is 12.7 Å². The molecule has 0 radical (unpaired) electrons. The molecule has 0 unspecified atom stereocenters. The lowest BCUT2D eigenvalue weighted by molar-refractivity contribution is -0.137. The van der Waals surface area contributed by atoms with Crippen LogP contribution in [0, 0.1) is 0 Å². The van der Waals surface area contributed by atoms with Gasteiger partial charge in [-0.2, -0.15) is 4.79 Å². The topological polar surface area (TPSA) is 74.7 Å². The van der Waals surface area contributed by atoms with E-state index in [-0.39, 0.29) is 5.71 Å². The molecule has 0 aliphatic rings. The molecule has 100 valence electrons. The zero-order valence-electron chi connectivity index (χ0n) is 10.9. The van der Waals surface area contributed by atoms with Gasteiger partial charge >= 0.3 is 11.7 Å². The van der Waals surface area contributed by atoms with E-state index in [2.05, 4.69) is 14.8 Å². The van der Waals surface area contributed by atoms with Crippen molar-refractivity contribution in [3.8, 4) is 0 Å². The summed E-state index contributed by atoms with van der Waals surface area (Å²) in [7, 11) is 1.24. The first-order chi connectivity index (χ1) is 9.74. The fourth-order valence-electron chi connectivity index (χ4n) is 1.75. The summed E-state index contributed by atoms with van der Waals surface area (Å²) < 4.78 is 4.57. The van der Waals surface area contributed by atoms with E-state index in [4.69, 9.17) is 5.53 Å². The number of benzene rings is 2. The van der Waals surface area contributed by atoms with Crippen LogP contribution in [0.2, 0.25) is 0 Å². The minimum absolute atomic E-state index is 0.135. The van der Waals surface area contributed by atoms with Gasteiger partial charge in [-0.15, -0.1) is 0 Å². The number of rotatable bonds is 4. The normalized spacial score (nSPS) is 9.45. The number of carbonyl (C=O) groups excluding carboxylic acids is 1. The lowest BCUT2D eigenvalue weighted by Gasteiger charge is -2.06. The lowest BCUT2D eigenvalue weighted by atomic mass is 10.1. The molecule has 0 spiro atoms. The second kappa shape index (κ2) is 6.31. The van der Waals surface area contributed by atoms with Crippen molar-refractivity contribution < 1.29 is 14.3 Å². The monoisotopic (exact) mass is 267 g/mol. The first-order valence-electron chi connectivity index (χ1n) is 5.97. The van der Waals surface area contributed by atoms with Crippen molar-refractivity contribution in [2.75, 3.05) is 12.4 Å². The van der Waals surface area contributed by atoms with Gasteiger partial charge in [-0.1, -0.05) is 24.3 Å². The molecular weight excluding hydrogens is 254 g/mol. The highest BCUT2D eigenvalue weighted by atomic mass is 16.5. The summed E-state index contributed by atoms with van der Waals surface area (Å²) in [4.78, 5) is 14.5. The van der Waals surface area contributed by atoms with Gasteiger partial charge in [-0.05, 0) is 30.3 Å². The third kappa shape index (κ3) is 3.10. The van der Waals surface area contributed by atoms with Gasteiger partial charge in [0, 0.05) is 11.4 Å². The number of carbonyl (C=O) groups is 1. The molecule has 0 aromatic heterocycles. The number of ether oxygens (including phenoxy) is 1. The van der Waals surface area contributed by atoms with Gasteiger partial charge < -0.3 is 15.6 Å². The molecule has 0 aliphatic carbocycles. The van der Waals surface area contributed by atoms with Crippen LogP contribution in [-0.4, -0.2) is 23.6 Å². The molecule has 5 nitrogen and oxygen atoms in total. The molecule has 5 heteroatoms. The Labute approximate surface area is 116 Å². The average molecular weight is 267 g/mol. The lowest BCUT2D eigenvalue weighted by Crippen LogP contribution is -2.18. The number of esters is 1. The summed E-state index contributed by atoms with van der Waals surface area (Å²) in [5.41, 5.74) is 11.0. The van der Waals surface area contributed by atoms with Gasteiger partial charge in [-0.25, -0.2) is 4.79 Å². The molecule has 0 heterocycles. The van der Waals surface area contributed by atoms with Crippen molar-refractivity contribution in [2.45, 2.75) is 0 Å². The predicted octanol–water partition coefficient (Wildman–Crippen LogP) is 2.62. The Bertz CT molecular complexity index is 662. The number of para-hydroxylation sites is 1. The summed E-state index contributed by atoms with van der Waals surface area (Å²) in [6.45, 7) is 0. The van der Waals surface area contributed by atoms with Crippen molar-refractivity contribution >= 4 is 23.1 Å².